The average Bonchev–Trinajstić information content (AvgIpc) is 3.09. The first-order valence-electron chi connectivity index (χ1n) is 8.19. The molecular weight excluding hydrogens is 264 g/mol. The number of hydrogen-bond donors (Lipinski definition) is 0. The summed E-state index contributed by atoms with van der Waals surface area (Å²) in [6.45, 7) is 5.10. The van der Waals surface area contributed by atoms with Gasteiger partial charge in [-0.2, -0.15) is 0 Å². The zero-order valence-corrected chi connectivity index (χ0v) is 12.8. The number of aromatic nitrogens is 2. The number of amides is 1. The highest BCUT2D eigenvalue weighted by atomic mass is 16.2. The van der Waals surface area contributed by atoms with Gasteiger partial charge in [0, 0.05) is 25.7 Å². The molecule has 0 saturated carbocycles. The largest absolute Gasteiger partial charge is 0.355 e. The highest BCUT2D eigenvalue weighted by Gasteiger charge is 2.27. The Morgan fingerprint density at radius 3 is 2.57 bits per heavy atom. The van der Waals surface area contributed by atoms with Crippen molar-refractivity contribution in [3.8, 4) is 0 Å². The maximum Gasteiger partial charge on any atom is 0.274 e. The first-order chi connectivity index (χ1) is 10.3. The zero-order chi connectivity index (χ0) is 14.7. The lowest BCUT2D eigenvalue weighted by Crippen LogP contribution is -2.43. The van der Waals surface area contributed by atoms with Crippen molar-refractivity contribution < 1.29 is 4.79 Å². The topological polar surface area (TPSA) is 49.3 Å². The van der Waals surface area contributed by atoms with E-state index in [9.17, 15) is 4.79 Å². The second kappa shape index (κ2) is 6.41. The Bertz CT molecular complexity index is 482. The summed E-state index contributed by atoms with van der Waals surface area (Å²) in [6, 6.07) is 4.15. The lowest BCUT2D eigenvalue weighted by molar-refractivity contribution is 0.0601. The molecule has 5 heteroatoms. The van der Waals surface area contributed by atoms with Gasteiger partial charge in [-0.15, -0.1) is 10.2 Å². The van der Waals surface area contributed by atoms with E-state index in [-0.39, 0.29) is 5.91 Å². The van der Waals surface area contributed by atoms with Gasteiger partial charge in [0.2, 0.25) is 0 Å². The molecule has 1 aromatic heterocycles. The molecule has 3 heterocycles. The summed E-state index contributed by atoms with van der Waals surface area (Å²) in [5.74, 6) is 0.941. The Kier molecular flexibility index (Phi) is 4.36. The normalized spacial score (nSPS) is 22.6. The van der Waals surface area contributed by atoms with Crippen molar-refractivity contribution in [1.82, 2.24) is 15.1 Å². The van der Waals surface area contributed by atoms with E-state index in [1.807, 2.05) is 17.0 Å². The van der Waals surface area contributed by atoms with E-state index in [1.54, 1.807) is 0 Å². The molecule has 0 aromatic carbocycles. The highest BCUT2D eigenvalue weighted by Crippen LogP contribution is 2.22. The molecular formula is C16H24N4O. The third-order valence-electron chi connectivity index (χ3n) is 4.66. The summed E-state index contributed by atoms with van der Waals surface area (Å²) in [6.07, 6.45) is 6.89. The summed E-state index contributed by atoms with van der Waals surface area (Å²) >= 11 is 0. The Morgan fingerprint density at radius 1 is 1.14 bits per heavy atom. The van der Waals surface area contributed by atoms with Crippen LogP contribution in [0.2, 0.25) is 0 Å². The second-order valence-corrected chi connectivity index (χ2v) is 6.03. The molecule has 0 aliphatic carbocycles. The van der Waals surface area contributed by atoms with Gasteiger partial charge in [-0.3, -0.25) is 4.79 Å². The predicted molar refractivity (Wildman–Crippen MR) is 82.4 cm³/mol. The van der Waals surface area contributed by atoms with Crippen molar-refractivity contribution >= 4 is 11.7 Å². The quantitative estimate of drug-likeness (QED) is 0.857. The maximum atomic E-state index is 12.6. The fourth-order valence-corrected chi connectivity index (χ4v) is 3.39. The van der Waals surface area contributed by atoms with Crippen molar-refractivity contribution in [2.24, 2.45) is 0 Å². The zero-order valence-electron chi connectivity index (χ0n) is 12.8. The second-order valence-electron chi connectivity index (χ2n) is 6.03. The number of rotatable bonds is 3. The van der Waals surface area contributed by atoms with Crippen LogP contribution in [0.25, 0.3) is 0 Å². The average molecular weight is 288 g/mol. The third kappa shape index (κ3) is 3.01. The molecule has 2 saturated heterocycles. The molecule has 2 aliphatic rings. The highest BCUT2D eigenvalue weighted by molar-refractivity contribution is 5.92. The Morgan fingerprint density at radius 2 is 1.90 bits per heavy atom. The van der Waals surface area contributed by atoms with Gasteiger partial charge < -0.3 is 9.80 Å². The minimum absolute atomic E-state index is 0.0435. The fourth-order valence-electron chi connectivity index (χ4n) is 3.39. The number of carbonyl (C=O) groups is 1. The van der Waals surface area contributed by atoms with E-state index in [2.05, 4.69) is 22.0 Å². The van der Waals surface area contributed by atoms with Crippen LogP contribution in [-0.2, 0) is 0 Å². The van der Waals surface area contributed by atoms with Crippen LogP contribution in [0, 0.1) is 0 Å². The molecule has 1 aromatic rings. The summed E-state index contributed by atoms with van der Waals surface area (Å²) < 4.78 is 0. The molecule has 1 amide bonds. The van der Waals surface area contributed by atoms with E-state index in [4.69, 9.17) is 0 Å². The summed E-state index contributed by atoms with van der Waals surface area (Å²) in [5, 5.41) is 8.44. The van der Waals surface area contributed by atoms with E-state index in [0.717, 1.165) is 44.7 Å². The van der Waals surface area contributed by atoms with Gasteiger partial charge in [-0.25, -0.2) is 0 Å². The smallest absolute Gasteiger partial charge is 0.274 e. The van der Waals surface area contributed by atoms with Crippen LogP contribution in [0.4, 0.5) is 5.82 Å². The van der Waals surface area contributed by atoms with Crippen LogP contribution in [-0.4, -0.2) is 46.7 Å². The Hall–Kier alpha value is -1.65. The van der Waals surface area contributed by atoms with Gasteiger partial charge in [-0.05, 0) is 50.7 Å². The first kappa shape index (κ1) is 14.3. The van der Waals surface area contributed by atoms with Crippen LogP contribution >= 0.6 is 0 Å². The standard InChI is InChI=1S/C16H24N4O/c1-2-13-7-3-4-12-20(13)16(21)14-8-9-15(18-17-14)19-10-5-6-11-19/h8-9,13H,2-7,10-12H2,1H3. The van der Waals surface area contributed by atoms with Crippen LogP contribution in [0.1, 0.15) is 55.9 Å². The van der Waals surface area contributed by atoms with Crippen molar-refractivity contribution in [3.05, 3.63) is 17.8 Å². The molecule has 0 spiro atoms. The van der Waals surface area contributed by atoms with Gasteiger partial charge in [0.05, 0.1) is 0 Å². The number of piperidine rings is 1. The number of carbonyl (C=O) groups excluding carboxylic acids is 1. The number of nitrogens with zero attached hydrogens (tertiary/aromatic N) is 4. The van der Waals surface area contributed by atoms with Gasteiger partial charge in [0.1, 0.15) is 0 Å². The molecule has 0 bridgehead atoms. The Labute approximate surface area is 126 Å². The summed E-state index contributed by atoms with van der Waals surface area (Å²) in [4.78, 5) is 16.8. The minimum atomic E-state index is 0.0435. The molecule has 21 heavy (non-hydrogen) atoms. The summed E-state index contributed by atoms with van der Waals surface area (Å²) in [5.41, 5.74) is 0.485. The SMILES string of the molecule is CCC1CCCCN1C(=O)c1ccc(N2CCCC2)nn1. The Balaban J connectivity index is 1.71. The van der Waals surface area contributed by atoms with E-state index >= 15 is 0 Å². The van der Waals surface area contributed by atoms with Crippen LogP contribution in [0.15, 0.2) is 12.1 Å². The lowest BCUT2D eigenvalue weighted by Gasteiger charge is -2.34. The van der Waals surface area contributed by atoms with Crippen LogP contribution in [0.5, 0.6) is 0 Å². The monoisotopic (exact) mass is 288 g/mol. The van der Waals surface area contributed by atoms with Gasteiger partial charge in [0.25, 0.3) is 5.91 Å². The molecule has 2 aliphatic heterocycles. The molecule has 0 radical (unpaired) electrons. The molecule has 5 nitrogen and oxygen atoms in total. The molecule has 114 valence electrons. The minimum Gasteiger partial charge on any atom is -0.355 e. The third-order valence-corrected chi connectivity index (χ3v) is 4.66. The van der Waals surface area contributed by atoms with E-state index in [1.165, 1.54) is 19.3 Å². The van der Waals surface area contributed by atoms with Crippen molar-refractivity contribution in [2.75, 3.05) is 24.5 Å². The first-order valence-corrected chi connectivity index (χ1v) is 8.19. The number of hydrogen-bond acceptors (Lipinski definition) is 4. The molecule has 1 unspecified atom stereocenters. The molecule has 3 rings (SSSR count). The van der Waals surface area contributed by atoms with E-state index in [0.29, 0.717) is 11.7 Å². The van der Waals surface area contributed by atoms with E-state index < -0.39 is 0 Å². The van der Waals surface area contributed by atoms with Crippen molar-refractivity contribution in [1.29, 1.82) is 0 Å². The molecule has 0 N–H and O–H groups in total. The van der Waals surface area contributed by atoms with Crippen molar-refractivity contribution in [2.45, 2.75) is 51.5 Å². The number of likely N-dealkylation sites (tertiary alicyclic amines) is 1. The summed E-state index contributed by atoms with van der Waals surface area (Å²) in [7, 11) is 0. The van der Waals surface area contributed by atoms with Gasteiger partial charge in [-0.1, -0.05) is 6.92 Å². The fraction of sp³-hybridized carbons (Fsp3) is 0.688. The molecule has 1 atom stereocenters. The predicted octanol–water partition coefficient (Wildman–Crippen LogP) is 2.48. The van der Waals surface area contributed by atoms with Gasteiger partial charge >= 0.3 is 0 Å². The van der Waals surface area contributed by atoms with Crippen LogP contribution in [0.3, 0.4) is 0 Å². The van der Waals surface area contributed by atoms with Gasteiger partial charge in [0.15, 0.2) is 11.5 Å². The maximum absolute atomic E-state index is 12.6. The lowest BCUT2D eigenvalue weighted by atomic mass is 9.99. The number of anilines is 1. The van der Waals surface area contributed by atoms with Crippen LogP contribution < -0.4 is 4.90 Å². The van der Waals surface area contributed by atoms with Crippen molar-refractivity contribution in [3.63, 3.8) is 0 Å². The molecule has 2 fully saturated rings.